The molecule has 15 heavy (non-hydrogen) atoms. The third-order valence-corrected chi connectivity index (χ3v) is 1.97. The molecule has 6 heteroatoms. The molecule has 0 aliphatic heterocycles. The summed E-state index contributed by atoms with van der Waals surface area (Å²) in [5.41, 5.74) is 5.13. The highest BCUT2D eigenvalue weighted by Gasteiger charge is 2.10. The van der Waals surface area contributed by atoms with Gasteiger partial charge in [-0.05, 0) is 6.07 Å². The first-order chi connectivity index (χ1) is 7.04. The number of nitrogens with two attached hydrogens (primary N) is 1. The lowest BCUT2D eigenvalue weighted by Crippen LogP contribution is -2.26. The van der Waals surface area contributed by atoms with Crippen molar-refractivity contribution >= 4 is 11.6 Å². The van der Waals surface area contributed by atoms with Crippen molar-refractivity contribution < 1.29 is 18.6 Å². The van der Waals surface area contributed by atoms with E-state index in [-0.39, 0.29) is 23.9 Å². The van der Waals surface area contributed by atoms with E-state index in [0.717, 1.165) is 12.1 Å². The van der Waals surface area contributed by atoms with Gasteiger partial charge in [0.05, 0.1) is 5.02 Å². The van der Waals surface area contributed by atoms with Crippen molar-refractivity contribution in [2.24, 2.45) is 5.73 Å². The van der Waals surface area contributed by atoms with Gasteiger partial charge in [-0.25, -0.2) is 8.78 Å². The SMILES string of the molecule is NCC(O)COc1cc(F)c(F)cc1Cl. The number of hydrogen-bond acceptors (Lipinski definition) is 3. The van der Waals surface area contributed by atoms with Crippen LogP contribution >= 0.6 is 11.6 Å². The van der Waals surface area contributed by atoms with E-state index >= 15 is 0 Å². The topological polar surface area (TPSA) is 55.5 Å². The van der Waals surface area contributed by atoms with Crippen molar-refractivity contribution in [3.8, 4) is 5.75 Å². The van der Waals surface area contributed by atoms with Gasteiger partial charge in [-0.15, -0.1) is 0 Å². The Bertz CT molecular complexity index is 349. The van der Waals surface area contributed by atoms with Crippen LogP contribution in [-0.2, 0) is 0 Å². The number of rotatable bonds is 4. The fraction of sp³-hybridized carbons (Fsp3) is 0.333. The predicted molar refractivity (Wildman–Crippen MR) is 51.9 cm³/mol. The lowest BCUT2D eigenvalue weighted by molar-refractivity contribution is 0.114. The van der Waals surface area contributed by atoms with Crippen molar-refractivity contribution in [3.05, 3.63) is 28.8 Å². The van der Waals surface area contributed by atoms with Crippen molar-refractivity contribution in [3.63, 3.8) is 0 Å². The average molecular weight is 238 g/mol. The fourth-order valence-corrected chi connectivity index (χ4v) is 1.07. The molecule has 1 atom stereocenters. The molecule has 3 N–H and O–H groups in total. The fourth-order valence-electron chi connectivity index (χ4n) is 0.869. The lowest BCUT2D eigenvalue weighted by Gasteiger charge is -2.11. The second kappa shape index (κ2) is 5.25. The zero-order valence-electron chi connectivity index (χ0n) is 7.71. The van der Waals surface area contributed by atoms with Crippen molar-refractivity contribution in [1.29, 1.82) is 0 Å². The molecular formula is C9H10ClF2NO2. The maximum absolute atomic E-state index is 12.8. The van der Waals surface area contributed by atoms with Crippen LogP contribution in [0, 0.1) is 11.6 Å². The van der Waals surface area contributed by atoms with Gasteiger partial charge in [-0.2, -0.15) is 0 Å². The second-order valence-electron chi connectivity index (χ2n) is 2.90. The minimum atomic E-state index is -1.06. The summed E-state index contributed by atoms with van der Waals surface area (Å²) in [6, 6.07) is 1.63. The van der Waals surface area contributed by atoms with Crippen molar-refractivity contribution in [2.75, 3.05) is 13.2 Å². The van der Waals surface area contributed by atoms with Crippen LogP contribution < -0.4 is 10.5 Å². The van der Waals surface area contributed by atoms with Crippen LogP contribution in [0.15, 0.2) is 12.1 Å². The van der Waals surface area contributed by atoms with Gasteiger partial charge in [0.15, 0.2) is 11.6 Å². The third kappa shape index (κ3) is 3.30. The Kier molecular flexibility index (Phi) is 4.26. The van der Waals surface area contributed by atoms with Gasteiger partial charge in [-0.3, -0.25) is 0 Å². The number of aliphatic hydroxyl groups is 1. The second-order valence-corrected chi connectivity index (χ2v) is 3.30. The summed E-state index contributed by atoms with van der Waals surface area (Å²) in [5.74, 6) is -2.13. The summed E-state index contributed by atoms with van der Waals surface area (Å²) >= 11 is 5.58. The smallest absolute Gasteiger partial charge is 0.162 e. The van der Waals surface area contributed by atoms with Crippen LogP contribution in [-0.4, -0.2) is 24.4 Å². The Hall–Kier alpha value is -0.910. The van der Waals surface area contributed by atoms with E-state index in [1.807, 2.05) is 0 Å². The van der Waals surface area contributed by atoms with Gasteiger partial charge >= 0.3 is 0 Å². The molecule has 1 aromatic carbocycles. The Morgan fingerprint density at radius 1 is 1.40 bits per heavy atom. The van der Waals surface area contributed by atoms with Crippen molar-refractivity contribution in [2.45, 2.75) is 6.10 Å². The van der Waals surface area contributed by atoms with E-state index in [2.05, 4.69) is 0 Å². The van der Waals surface area contributed by atoms with Gasteiger partial charge in [0, 0.05) is 12.6 Å². The monoisotopic (exact) mass is 237 g/mol. The minimum Gasteiger partial charge on any atom is -0.489 e. The predicted octanol–water partition coefficient (Wildman–Crippen LogP) is 1.32. The van der Waals surface area contributed by atoms with Gasteiger partial charge in [0.2, 0.25) is 0 Å². The molecule has 3 nitrogen and oxygen atoms in total. The van der Waals surface area contributed by atoms with Gasteiger partial charge < -0.3 is 15.6 Å². The Morgan fingerprint density at radius 3 is 2.60 bits per heavy atom. The summed E-state index contributed by atoms with van der Waals surface area (Å²) in [6.45, 7) is -0.109. The van der Waals surface area contributed by atoms with Crippen molar-refractivity contribution in [1.82, 2.24) is 0 Å². The molecule has 0 aromatic heterocycles. The summed E-state index contributed by atoms with van der Waals surface area (Å²) in [5, 5.41) is 9.02. The van der Waals surface area contributed by atoms with Crippen LogP contribution in [0.2, 0.25) is 5.02 Å². The van der Waals surface area contributed by atoms with E-state index in [9.17, 15) is 8.78 Å². The van der Waals surface area contributed by atoms with E-state index in [1.54, 1.807) is 0 Å². The maximum Gasteiger partial charge on any atom is 0.162 e. The van der Waals surface area contributed by atoms with E-state index in [0.29, 0.717) is 0 Å². The highest BCUT2D eigenvalue weighted by molar-refractivity contribution is 6.32. The largest absolute Gasteiger partial charge is 0.489 e. The van der Waals surface area contributed by atoms with Crippen LogP contribution in [0.3, 0.4) is 0 Å². The zero-order valence-corrected chi connectivity index (χ0v) is 8.47. The molecule has 84 valence electrons. The number of ether oxygens (including phenoxy) is 1. The molecule has 0 saturated carbocycles. The van der Waals surface area contributed by atoms with E-state index < -0.39 is 17.7 Å². The molecule has 0 aliphatic carbocycles. The van der Waals surface area contributed by atoms with Gasteiger partial charge in [-0.1, -0.05) is 11.6 Å². The number of hydrogen-bond donors (Lipinski definition) is 2. The first-order valence-electron chi connectivity index (χ1n) is 4.20. The zero-order chi connectivity index (χ0) is 11.4. The standard InChI is InChI=1S/C9H10ClF2NO2/c10-6-1-7(11)8(12)2-9(6)15-4-5(14)3-13/h1-2,5,14H,3-4,13H2. The Balaban J connectivity index is 2.73. The maximum atomic E-state index is 12.8. The molecule has 0 spiro atoms. The quantitative estimate of drug-likeness (QED) is 0.777. The van der Waals surface area contributed by atoms with Crippen LogP contribution in [0.5, 0.6) is 5.75 Å². The molecule has 1 unspecified atom stereocenters. The molecule has 1 aromatic rings. The molecule has 0 bridgehead atoms. The Morgan fingerprint density at radius 2 is 2.00 bits per heavy atom. The highest BCUT2D eigenvalue weighted by atomic mass is 35.5. The molecule has 0 fully saturated rings. The van der Waals surface area contributed by atoms with Gasteiger partial charge in [0.1, 0.15) is 18.5 Å². The van der Waals surface area contributed by atoms with Crippen LogP contribution in [0.25, 0.3) is 0 Å². The molecule has 0 amide bonds. The van der Waals surface area contributed by atoms with E-state index in [4.69, 9.17) is 27.2 Å². The first kappa shape index (κ1) is 12.2. The number of aliphatic hydroxyl groups excluding tert-OH is 1. The molecule has 0 aliphatic rings. The number of benzene rings is 1. The number of halogens is 3. The summed E-state index contributed by atoms with van der Waals surface area (Å²) < 4.78 is 30.4. The van der Waals surface area contributed by atoms with Crippen LogP contribution in [0.4, 0.5) is 8.78 Å². The molecule has 0 saturated heterocycles. The third-order valence-electron chi connectivity index (χ3n) is 1.68. The first-order valence-corrected chi connectivity index (χ1v) is 4.58. The minimum absolute atomic E-state index is 0.0152. The highest BCUT2D eigenvalue weighted by Crippen LogP contribution is 2.26. The summed E-state index contributed by atoms with van der Waals surface area (Å²) in [4.78, 5) is 0. The molecule has 0 radical (unpaired) electrons. The van der Waals surface area contributed by atoms with Gasteiger partial charge in [0.25, 0.3) is 0 Å². The normalized spacial score (nSPS) is 12.6. The Labute approximate surface area is 90.4 Å². The summed E-state index contributed by atoms with van der Waals surface area (Å²) in [6.07, 6.45) is -0.866. The van der Waals surface area contributed by atoms with E-state index in [1.165, 1.54) is 0 Å². The average Bonchev–Trinajstić information content (AvgIpc) is 2.21. The molecule has 0 heterocycles. The molecular weight excluding hydrogens is 228 g/mol. The van der Waals surface area contributed by atoms with Crippen LogP contribution in [0.1, 0.15) is 0 Å². The molecule has 1 rings (SSSR count). The lowest BCUT2D eigenvalue weighted by atomic mass is 10.3. The summed E-state index contributed by atoms with van der Waals surface area (Å²) in [7, 11) is 0.